The van der Waals surface area contributed by atoms with Gasteiger partial charge in [-0.25, -0.2) is 0 Å². The first-order valence-electron chi connectivity index (χ1n) is 12.6. The Kier molecular flexibility index (Phi) is 11.1. The molecule has 34 heavy (non-hydrogen) atoms. The number of rotatable bonds is 15. The van der Waals surface area contributed by atoms with Gasteiger partial charge in [-0.1, -0.05) is 32.4 Å². The first-order chi connectivity index (χ1) is 16.4. The van der Waals surface area contributed by atoms with Crippen LogP contribution in [0, 0.1) is 6.92 Å². The van der Waals surface area contributed by atoms with Crippen LogP contribution < -0.4 is 15.8 Å². The number of aromatic nitrogens is 1. The van der Waals surface area contributed by atoms with E-state index in [2.05, 4.69) is 44.4 Å². The molecule has 0 bridgehead atoms. The normalized spacial score (nSPS) is 12.6. The Balaban J connectivity index is 2.31. The van der Waals surface area contributed by atoms with Gasteiger partial charge in [0.25, 0.3) is 5.91 Å². The van der Waals surface area contributed by atoms with Gasteiger partial charge in [0, 0.05) is 24.7 Å². The Morgan fingerprint density at radius 3 is 2.47 bits per heavy atom. The molecular weight excluding hydrogens is 430 g/mol. The molecule has 190 valence electrons. The van der Waals surface area contributed by atoms with E-state index in [-0.39, 0.29) is 24.5 Å². The monoisotopic (exact) mass is 473 g/mol. The number of nitrogens with zero attached hydrogens (tertiary/aromatic N) is 1. The van der Waals surface area contributed by atoms with Crippen molar-refractivity contribution in [2.45, 2.75) is 77.9 Å². The predicted octanol–water partition coefficient (Wildman–Crippen LogP) is 3.51. The molecule has 7 heteroatoms. The molecule has 1 aromatic carbocycles. The average molecular weight is 474 g/mol. The lowest BCUT2D eigenvalue weighted by atomic mass is 9.71. The number of ether oxygens (including phenoxy) is 1. The van der Waals surface area contributed by atoms with Crippen molar-refractivity contribution in [2.75, 3.05) is 26.3 Å². The van der Waals surface area contributed by atoms with E-state index >= 15 is 0 Å². The third kappa shape index (κ3) is 6.62. The number of nitrogens with two attached hydrogens (primary N) is 1. The van der Waals surface area contributed by atoms with Crippen molar-refractivity contribution >= 4 is 5.91 Å². The smallest absolute Gasteiger partial charge is 0.267 e. The number of amides is 1. The Morgan fingerprint density at radius 2 is 1.88 bits per heavy atom. The largest absolute Gasteiger partial charge is 0.491 e. The highest BCUT2D eigenvalue weighted by Crippen LogP contribution is 2.41. The van der Waals surface area contributed by atoms with Gasteiger partial charge in [-0.2, -0.15) is 0 Å². The van der Waals surface area contributed by atoms with Crippen LogP contribution in [0.3, 0.4) is 0 Å². The van der Waals surface area contributed by atoms with Crippen LogP contribution in [0.25, 0.3) is 0 Å². The number of hydrogen-bond donors (Lipinski definition) is 4. The summed E-state index contributed by atoms with van der Waals surface area (Å²) in [7, 11) is 0. The fraction of sp³-hybridized carbons (Fsp3) is 0.593. The van der Waals surface area contributed by atoms with Gasteiger partial charge in [0.1, 0.15) is 24.2 Å². The van der Waals surface area contributed by atoms with Crippen molar-refractivity contribution in [1.29, 1.82) is 0 Å². The molecule has 7 nitrogen and oxygen atoms in total. The lowest BCUT2D eigenvalue weighted by Gasteiger charge is -2.32. The van der Waals surface area contributed by atoms with Gasteiger partial charge in [0.15, 0.2) is 0 Å². The molecule has 0 saturated carbocycles. The predicted molar refractivity (Wildman–Crippen MR) is 136 cm³/mol. The third-order valence-corrected chi connectivity index (χ3v) is 6.77. The van der Waals surface area contributed by atoms with Crippen molar-refractivity contribution in [3.63, 3.8) is 0 Å². The maximum atomic E-state index is 12.9. The molecule has 0 saturated heterocycles. The van der Waals surface area contributed by atoms with Crippen molar-refractivity contribution in [3.8, 4) is 5.75 Å². The fourth-order valence-electron chi connectivity index (χ4n) is 4.54. The van der Waals surface area contributed by atoms with Crippen molar-refractivity contribution < 1.29 is 19.7 Å². The molecule has 0 fully saturated rings. The van der Waals surface area contributed by atoms with Crippen LogP contribution in [0.15, 0.2) is 30.5 Å². The van der Waals surface area contributed by atoms with Crippen LogP contribution in [-0.4, -0.2) is 53.1 Å². The molecule has 0 spiro atoms. The molecule has 1 aromatic heterocycles. The minimum atomic E-state index is -0.900. The number of carbonyl (C=O) groups is 1. The second-order valence-corrected chi connectivity index (χ2v) is 8.92. The number of aliphatic hydroxyl groups is 2. The second kappa shape index (κ2) is 13.5. The van der Waals surface area contributed by atoms with Gasteiger partial charge >= 0.3 is 0 Å². The summed E-state index contributed by atoms with van der Waals surface area (Å²) in [5, 5.41) is 21.7. The van der Waals surface area contributed by atoms with E-state index in [9.17, 15) is 9.90 Å². The molecule has 2 aromatic rings. The van der Waals surface area contributed by atoms with E-state index in [1.807, 2.05) is 23.6 Å². The maximum Gasteiger partial charge on any atom is 0.267 e. The van der Waals surface area contributed by atoms with Crippen LogP contribution in [0.2, 0.25) is 0 Å². The van der Waals surface area contributed by atoms with E-state index in [1.165, 1.54) is 5.56 Å². The molecule has 5 N–H and O–H groups in total. The van der Waals surface area contributed by atoms with Gasteiger partial charge in [-0.05, 0) is 74.9 Å². The van der Waals surface area contributed by atoms with Crippen LogP contribution in [0.4, 0.5) is 0 Å². The van der Waals surface area contributed by atoms with E-state index in [0.717, 1.165) is 49.8 Å². The lowest BCUT2D eigenvalue weighted by Crippen LogP contribution is -2.27. The van der Waals surface area contributed by atoms with E-state index in [4.69, 9.17) is 15.6 Å². The van der Waals surface area contributed by atoms with Crippen LogP contribution in [0.5, 0.6) is 5.75 Å². The average Bonchev–Trinajstić information content (AvgIpc) is 3.29. The summed E-state index contributed by atoms with van der Waals surface area (Å²) in [6.45, 7) is 10.2. The molecule has 1 amide bonds. The summed E-state index contributed by atoms with van der Waals surface area (Å²) in [4.78, 5) is 12.9. The van der Waals surface area contributed by atoms with Crippen LogP contribution in [-0.2, 0) is 12.0 Å². The molecular formula is C27H43N3O4. The molecule has 0 aliphatic rings. The molecule has 1 unspecified atom stereocenters. The van der Waals surface area contributed by atoms with E-state index in [1.54, 1.807) is 0 Å². The summed E-state index contributed by atoms with van der Waals surface area (Å²) in [6.07, 6.45) is 5.92. The quantitative estimate of drug-likeness (QED) is 0.296. The van der Waals surface area contributed by atoms with Gasteiger partial charge < -0.3 is 30.6 Å². The van der Waals surface area contributed by atoms with Crippen LogP contribution >= 0.6 is 0 Å². The number of aryl methyl sites for hydroxylation is 2. The molecule has 1 heterocycles. The third-order valence-electron chi connectivity index (χ3n) is 6.77. The summed E-state index contributed by atoms with van der Waals surface area (Å²) in [5.74, 6) is 0.655. The lowest BCUT2D eigenvalue weighted by molar-refractivity contribution is 0.0534. The van der Waals surface area contributed by atoms with Crippen molar-refractivity contribution in [2.24, 2.45) is 5.73 Å². The summed E-state index contributed by atoms with van der Waals surface area (Å²) < 4.78 is 7.72. The Bertz CT molecular complexity index is 905. The summed E-state index contributed by atoms with van der Waals surface area (Å²) in [5.41, 5.74) is 9.29. The molecule has 2 rings (SSSR count). The second-order valence-electron chi connectivity index (χ2n) is 8.92. The summed E-state index contributed by atoms with van der Waals surface area (Å²) >= 11 is 0. The Labute approximate surface area is 204 Å². The highest BCUT2D eigenvalue weighted by molar-refractivity contribution is 5.93. The molecule has 1 atom stereocenters. The molecule has 0 aliphatic carbocycles. The van der Waals surface area contributed by atoms with E-state index < -0.39 is 6.10 Å². The van der Waals surface area contributed by atoms with Gasteiger partial charge in [0.2, 0.25) is 0 Å². The first kappa shape index (κ1) is 27.9. The SMILES string of the molecule is CCn1cc(C(CC)(CC)c2ccc(OCC(O)CO)c(C)c2)cc1C(=O)NCCCCCN. The number of nitrogens with one attached hydrogen (secondary N) is 1. The van der Waals surface area contributed by atoms with E-state index in [0.29, 0.717) is 24.5 Å². The number of benzene rings is 1. The first-order valence-corrected chi connectivity index (χ1v) is 12.6. The van der Waals surface area contributed by atoms with Gasteiger partial charge in [-0.15, -0.1) is 0 Å². The minimum absolute atomic E-state index is 0.0377. The zero-order valence-electron chi connectivity index (χ0n) is 21.3. The number of carbonyl (C=O) groups excluding carboxylic acids is 1. The fourth-order valence-corrected chi connectivity index (χ4v) is 4.54. The highest BCUT2D eigenvalue weighted by atomic mass is 16.5. The maximum absolute atomic E-state index is 12.9. The zero-order chi connectivity index (χ0) is 25.1. The molecule has 0 radical (unpaired) electrons. The summed E-state index contributed by atoms with van der Waals surface area (Å²) in [6, 6.07) is 8.18. The van der Waals surface area contributed by atoms with Gasteiger partial charge in [-0.3, -0.25) is 4.79 Å². The van der Waals surface area contributed by atoms with Crippen molar-refractivity contribution in [3.05, 3.63) is 52.8 Å². The highest BCUT2D eigenvalue weighted by Gasteiger charge is 2.33. The zero-order valence-corrected chi connectivity index (χ0v) is 21.3. The number of aliphatic hydroxyl groups excluding tert-OH is 2. The Hall–Kier alpha value is -2.35. The number of hydrogen-bond acceptors (Lipinski definition) is 5. The Morgan fingerprint density at radius 1 is 1.15 bits per heavy atom. The minimum Gasteiger partial charge on any atom is -0.491 e. The molecule has 0 aliphatic heterocycles. The topological polar surface area (TPSA) is 110 Å². The van der Waals surface area contributed by atoms with Crippen molar-refractivity contribution in [1.82, 2.24) is 9.88 Å². The number of unbranched alkanes of at least 4 members (excludes halogenated alkanes) is 2. The van der Waals surface area contributed by atoms with Gasteiger partial charge in [0.05, 0.1) is 6.61 Å². The van der Waals surface area contributed by atoms with Crippen LogP contribution in [0.1, 0.15) is 80.1 Å². The standard InChI is InChI=1S/C27H43N3O4/c1-5-27(6-2,21-11-12-25(20(4)15-21)34-19-23(32)18-31)22-16-24(30(7-3)17-22)26(33)29-14-10-8-9-13-28/h11-12,15-17,23,31-32H,5-10,13-14,18-19,28H2,1-4H3,(H,29,33).